The van der Waals surface area contributed by atoms with Gasteiger partial charge in [0.05, 0.1) is 41.1 Å². The lowest BCUT2D eigenvalue weighted by Gasteiger charge is -2.30. The summed E-state index contributed by atoms with van der Waals surface area (Å²) in [7, 11) is 1.55. The minimum absolute atomic E-state index is 0.000806. The van der Waals surface area contributed by atoms with Crippen LogP contribution >= 0.6 is 23.5 Å². The lowest BCUT2D eigenvalue weighted by Crippen LogP contribution is -2.33. The summed E-state index contributed by atoms with van der Waals surface area (Å²) in [5.74, 6) is 2.88. The predicted octanol–water partition coefficient (Wildman–Crippen LogP) is 15.1. The number of anilines is 3. The highest BCUT2D eigenvalue weighted by Gasteiger charge is 2.28. The van der Waals surface area contributed by atoms with Crippen molar-refractivity contribution >= 4 is 62.9 Å². The van der Waals surface area contributed by atoms with Gasteiger partial charge in [0.2, 0.25) is 0 Å². The molecule has 0 bridgehead atoms. The van der Waals surface area contributed by atoms with E-state index in [0.717, 1.165) is 60.7 Å². The van der Waals surface area contributed by atoms with Crippen molar-refractivity contribution in [2.24, 2.45) is 23.5 Å². The number of nitrogens with one attached hydrogen (secondary N) is 2. The summed E-state index contributed by atoms with van der Waals surface area (Å²) < 4.78 is 11.0. The van der Waals surface area contributed by atoms with Gasteiger partial charge in [0, 0.05) is 38.0 Å². The number of aryl methyl sites for hydroxylation is 1. The molecule has 0 amide bonds. The Balaban J connectivity index is 0.000000161. The zero-order chi connectivity index (χ0) is 55.7. The Labute approximate surface area is 470 Å². The number of nitrogens with two attached hydrogens (primary N) is 4. The molecule has 6 atom stereocenters. The molecule has 2 aliphatic rings. The van der Waals surface area contributed by atoms with Crippen molar-refractivity contribution in [1.82, 2.24) is 10.6 Å². The second-order valence-electron chi connectivity index (χ2n) is 20.2. The molecule has 10 nitrogen and oxygen atoms in total. The average molecular weight is 1080 g/mol. The Morgan fingerprint density at radius 1 is 0.667 bits per heavy atom. The Hall–Kier alpha value is -7.09. The van der Waals surface area contributed by atoms with Crippen LogP contribution in [0.3, 0.4) is 0 Å². The number of methoxy groups -OCH3 is 1. The van der Waals surface area contributed by atoms with E-state index in [9.17, 15) is 9.90 Å². The Bertz CT molecular complexity index is 3190. The fourth-order valence-corrected chi connectivity index (χ4v) is 11.8. The van der Waals surface area contributed by atoms with Crippen LogP contribution in [0.2, 0.25) is 0 Å². The van der Waals surface area contributed by atoms with E-state index in [0.29, 0.717) is 50.8 Å². The molecule has 12 heteroatoms. The van der Waals surface area contributed by atoms with Crippen molar-refractivity contribution in [2.45, 2.75) is 106 Å². The molecule has 408 valence electrons. The molecule has 1 aliphatic heterocycles. The predicted molar refractivity (Wildman–Crippen MR) is 331 cm³/mol. The van der Waals surface area contributed by atoms with E-state index in [1.54, 1.807) is 62.2 Å². The van der Waals surface area contributed by atoms with Crippen molar-refractivity contribution < 1.29 is 14.3 Å². The van der Waals surface area contributed by atoms with Gasteiger partial charge in [-0.3, -0.25) is 4.79 Å². The molecular formula is C66H78N6O4S2. The molecule has 10 rings (SSSR count). The molecular weight excluding hydrogens is 1000 g/mol. The molecule has 8 aromatic rings. The maximum Gasteiger partial charge on any atom is 0.193 e. The lowest BCUT2D eigenvalue weighted by atomic mass is 9.93. The number of rotatable bonds is 14. The van der Waals surface area contributed by atoms with E-state index in [-0.39, 0.29) is 17.0 Å². The number of ether oxygens (including phenoxy) is 1. The minimum Gasteiger partial charge on any atom is -0.495 e. The standard InChI is InChI=1S/C24H24N2O.C19H27N3S2.C16H13NO3.C7H14/c1-16-8-10-20(11-9-16)23-22(19-6-4-3-5-7-19)25-24(26-23)21-14-12-18(13-15-21)17(2)27;1-12(14(3)23-17-10-6-4-8-15(17)20)13(2)19(22)24-18-11-7-5-9-16(18)21;1-19-14-8-4-6-11(16(14)17)15-9-12(18)10-5-2-3-7-13(10)20-15;1-2-7-5-3-4-6-7/h3-15,17,24-27H,1-2H3;4-14,19H,20-22H2,1-3H3;2-9H,17H2,1H3;7H,2-6H2,1H3. The van der Waals surface area contributed by atoms with Crippen molar-refractivity contribution in [1.29, 1.82) is 0 Å². The highest BCUT2D eigenvalue weighted by Crippen LogP contribution is 2.39. The van der Waals surface area contributed by atoms with E-state index in [1.165, 1.54) is 43.7 Å². The van der Waals surface area contributed by atoms with Crippen LogP contribution < -0.4 is 43.7 Å². The summed E-state index contributed by atoms with van der Waals surface area (Å²) in [4.78, 5) is 14.3. The summed E-state index contributed by atoms with van der Waals surface area (Å²) in [6, 6.07) is 56.9. The number of aliphatic hydroxyl groups is 1. The van der Waals surface area contributed by atoms with E-state index in [1.807, 2.05) is 78.5 Å². The summed E-state index contributed by atoms with van der Waals surface area (Å²) in [5.41, 5.74) is 35.6. The summed E-state index contributed by atoms with van der Waals surface area (Å²) in [6.07, 6.45) is 6.97. The summed E-state index contributed by atoms with van der Waals surface area (Å²) >= 11 is 3.47. The number of fused-ring (bicyclic) bond motifs is 1. The second-order valence-corrected chi connectivity index (χ2v) is 22.8. The first-order valence-corrected chi connectivity index (χ1v) is 28.8. The minimum atomic E-state index is -0.454. The van der Waals surface area contributed by atoms with Crippen LogP contribution in [0.25, 0.3) is 33.7 Å². The van der Waals surface area contributed by atoms with Gasteiger partial charge >= 0.3 is 0 Å². The van der Waals surface area contributed by atoms with Gasteiger partial charge in [-0.25, -0.2) is 0 Å². The Morgan fingerprint density at radius 2 is 1.23 bits per heavy atom. The zero-order valence-corrected chi connectivity index (χ0v) is 47.8. The van der Waals surface area contributed by atoms with Crippen LogP contribution in [0.15, 0.2) is 195 Å². The molecule has 6 unspecified atom stereocenters. The smallest absolute Gasteiger partial charge is 0.193 e. The second kappa shape index (κ2) is 28.5. The number of aliphatic hydroxyl groups excluding tert-OH is 1. The third-order valence-corrected chi connectivity index (χ3v) is 17.5. The number of para-hydroxylation sites is 4. The number of hydrogen-bond acceptors (Lipinski definition) is 12. The Morgan fingerprint density at radius 3 is 1.81 bits per heavy atom. The van der Waals surface area contributed by atoms with Crippen LogP contribution in [0.1, 0.15) is 107 Å². The number of thioether (sulfide) groups is 2. The van der Waals surface area contributed by atoms with Gasteiger partial charge in [-0.05, 0) is 102 Å². The maximum absolute atomic E-state index is 12.1. The molecule has 1 saturated carbocycles. The van der Waals surface area contributed by atoms with E-state index in [2.05, 4.69) is 112 Å². The summed E-state index contributed by atoms with van der Waals surface area (Å²) in [5, 5.41) is 18.0. The van der Waals surface area contributed by atoms with Crippen LogP contribution in [0, 0.1) is 24.7 Å². The average Bonchev–Trinajstić information content (AvgIpc) is 4.21. The molecule has 0 radical (unpaired) electrons. The SMILES string of the molecule is CC(Sc1ccccc1N)C(C)C(C)C(N)Sc1ccccc1N.CCC1CCCC1.COc1cccc(-c2cc(=O)c3ccccc3o2)c1N.Cc1ccc(C2=C(c3ccccc3)NC(c3ccc(C(C)O)cc3)N2)cc1. The molecule has 1 aromatic heterocycles. The van der Waals surface area contributed by atoms with E-state index in [4.69, 9.17) is 32.1 Å². The van der Waals surface area contributed by atoms with Gasteiger partial charge in [-0.1, -0.05) is 187 Å². The first-order chi connectivity index (χ1) is 37.6. The normalized spacial score (nSPS) is 15.9. The van der Waals surface area contributed by atoms with Gasteiger partial charge < -0.3 is 47.8 Å². The quantitative estimate of drug-likeness (QED) is 0.0311. The zero-order valence-electron chi connectivity index (χ0n) is 46.1. The largest absolute Gasteiger partial charge is 0.495 e. The first kappa shape index (κ1) is 58.6. The molecule has 0 saturated heterocycles. The third-order valence-electron chi connectivity index (χ3n) is 14.7. The molecule has 11 N–H and O–H groups in total. The van der Waals surface area contributed by atoms with Crippen LogP contribution in [-0.2, 0) is 0 Å². The van der Waals surface area contributed by atoms with Crippen LogP contribution in [0.5, 0.6) is 5.75 Å². The third kappa shape index (κ3) is 15.6. The fourth-order valence-electron chi connectivity index (χ4n) is 9.44. The van der Waals surface area contributed by atoms with Crippen molar-refractivity contribution in [3.63, 3.8) is 0 Å². The van der Waals surface area contributed by atoms with Crippen molar-refractivity contribution in [3.8, 4) is 17.1 Å². The van der Waals surface area contributed by atoms with Gasteiger partial charge in [-0.2, -0.15) is 0 Å². The van der Waals surface area contributed by atoms with Crippen LogP contribution in [0.4, 0.5) is 17.1 Å². The van der Waals surface area contributed by atoms with Gasteiger partial charge in [0.15, 0.2) is 5.43 Å². The first-order valence-electron chi connectivity index (χ1n) is 27.1. The molecule has 7 aromatic carbocycles. The van der Waals surface area contributed by atoms with Crippen LogP contribution in [-0.4, -0.2) is 22.8 Å². The highest BCUT2D eigenvalue weighted by atomic mass is 32.2. The van der Waals surface area contributed by atoms with Gasteiger partial charge in [0.1, 0.15) is 23.3 Å². The number of nitrogen functional groups attached to an aromatic ring is 3. The number of benzene rings is 7. The molecule has 78 heavy (non-hydrogen) atoms. The number of hydrogen-bond donors (Lipinski definition) is 7. The highest BCUT2D eigenvalue weighted by molar-refractivity contribution is 8.00. The summed E-state index contributed by atoms with van der Waals surface area (Å²) in [6.45, 7) is 12.9. The monoisotopic (exact) mass is 1080 g/mol. The maximum atomic E-state index is 12.1. The van der Waals surface area contributed by atoms with E-state index >= 15 is 0 Å². The fraction of sp³-hybridized carbons (Fsp3) is 0.288. The molecule has 1 aliphatic carbocycles. The van der Waals surface area contributed by atoms with Crippen molar-refractivity contribution in [3.05, 3.63) is 214 Å². The molecule has 0 spiro atoms. The Kier molecular flexibility index (Phi) is 21.4. The molecule has 2 heterocycles. The molecule has 1 fully saturated rings. The van der Waals surface area contributed by atoms with Gasteiger partial charge in [-0.15, -0.1) is 23.5 Å². The van der Waals surface area contributed by atoms with Crippen molar-refractivity contribution in [2.75, 3.05) is 24.3 Å². The van der Waals surface area contributed by atoms with E-state index < -0.39 is 6.10 Å². The van der Waals surface area contributed by atoms with Gasteiger partial charge in [0.25, 0.3) is 0 Å². The topological polar surface area (TPSA) is 188 Å². The lowest BCUT2D eigenvalue weighted by molar-refractivity contribution is 0.199.